The number of rotatable bonds is 5. The Labute approximate surface area is 121 Å². The molecule has 3 nitrogen and oxygen atoms in total. The molecule has 0 N–H and O–H groups in total. The van der Waals surface area contributed by atoms with Crippen molar-refractivity contribution in [1.82, 2.24) is 0 Å². The molecule has 20 heavy (non-hydrogen) atoms. The normalized spacial score (nSPS) is 25.8. The largest absolute Gasteiger partial charge is 0.497 e. The monoisotopic (exact) mass is 273 g/mol. The Morgan fingerprint density at radius 3 is 2.80 bits per heavy atom. The molecular weight excluding hydrogens is 250 g/mol. The summed E-state index contributed by atoms with van der Waals surface area (Å²) in [6.07, 6.45) is 5.55. The maximum absolute atomic E-state index is 9.30. The standard InChI is InChI=1S/C17H23NO2/c1-3-5-13-8-9-14(12-18)17(10-13)20-16-7-4-6-15(11-16)19-2/h4,6-7,11,13-14,17H,3,5,8-10H2,1-2H3. The topological polar surface area (TPSA) is 42.2 Å². The molecule has 2 rings (SSSR count). The molecule has 0 heterocycles. The van der Waals surface area contributed by atoms with Gasteiger partial charge in [0.1, 0.15) is 17.6 Å². The zero-order valence-electron chi connectivity index (χ0n) is 12.3. The van der Waals surface area contributed by atoms with Crippen molar-refractivity contribution in [2.24, 2.45) is 11.8 Å². The van der Waals surface area contributed by atoms with Gasteiger partial charge in [-0.1, -0.05) is 25.8 Å². The second-order valence-electron chi connectivity index (χ2n) is 5.54. The lowest BCUT2D eigenvalue weighted by molar-refractivity contribution is 0.0873. The van der Waals surface area contributed by atoms with Crippen LogP contribution in [0, 0.1) is 23.2 Å². The van der Waals surface area contributed by atoms with E-state index in [2.05, 4.69) is 13.0 Å². The van der Waals surface area contributed by atoms with Gasteiger partial charge in [0.2, 0.25) is 0 Å². The SMILES string of the molecule is CCCC1CCC(C#N)C(Oc2cccc(OC)c2)C1. The van der Waals surface area contributed by atoms with E-state index < -0.39 is 0 Å². The van der Waals surface area contributed by atoms with E-state index in [0.29, 0.717) is 5.92 Å². The molecule has 0 aliphatic heterocycles. The first-order chi connectivity index (χ1) is 9.76. The highest BCUT2D eigenvalue weighted by atomic mass is 16.5. The van der Waals surface area contributed by atoms with E-state index in [1.165, 1.54) is 12.8 Å². The average Bonchev–Trinajstić information content (AvgIpc) is 2.48. The van der Waals surface area contributed by atoms with Crippen molar-refractivity contribution in [3.63, 3.8) is 0 Å². The highest BCUT2D eigenvalue weighted by molar-refractivity contribution is 5.33. The van der Waals surface area contributed by atoms with Gasteiger partial charge in [0.25, 0.3) is 0 Å². The predicted octanol–water partition coefficient (Wildman–Crippen LogP) is 4.18. The number of nitrogens with zero attached hydrogens (tertiary/aromatic N) is 1. The Bertz CT molecular complexity index is 466. The molecule has 0 spiro atoms. The van der Waals surface area contributed by atoms with Crippen LogP contribution in [-0.2, 0) is 0 Å². The third-order valence-corrected chi connectivity index (χ3v) is 4.09. The molecule has 1 aromatic rings. The summed E-state index contributed by atoms with van der Waals surface area (Å²) in [5, 5.41) is 9.30. The molecule has 0 amide bonds. The Morgan fingerprint density at radius 1 is 1.30 bits per heavy atom. The molecule has 3 heteroatoms. The van der Waals surface area contributed by atoms with Gasteiger partial charge in [-0.25, -0.2) is 0 Å². The van der Waals surface area contributed by atoms with Crippen molar-refractivity contribution in [3.8, 4) is 17.6 Å². The van der Waals surface area contributed by atoms with Gasteiger partial charge in [-0.15, -0.1) is 0 Å². The summed E-state index contributed by atoms with van der Waals surface area (Å²) in [6.45, 7) is 2.22. The van der Waals surface area contributed by atoms with Crippen LogP contribution in [0.1, 0.15) is 39.0 Å². The summed E-state index contributed by atoms with van der Waals surface area (Å²) in [5.74, 6) is 2.29. The lowest BCUT2D eigenvalue weighted by Crippen LogP contribution is -2.33. The molecule has 0 radical (unpaired) electrons. The van der Waals surface area contributed by atoms with Gasteiger partial charge in [0, 0.05) is 6.07 Å². The van der Waals surface area contributed by atoms with E-state index in [1.807, 2.05) is 24.3 Å². The molecule has 3 atom stereocenters. The maximum atomic E-state index is 9.30. The summed E-state index contributed by atoms with van der Waals surface area (Å²) in [6, 6.07) is 10.0. The lowest BCUT2D eigenvalue weighted by Gasteiger charge is -2.33. The van der Waals surface area contributed by atoms with Crippen LogP contribution in [0.4, 0.5) is 0 Å². The zero-order valence-corrected chi connectivity index (χ0v) is 12.3. The summed E-state index contributed by atoms with van der Waals surface area (Å²) in [7, 11) is 1.65. The van der Waals surface area contributed by atoms with E-state index in [4.69, 9.17) is 9.47 Å². The number of hydrogen-bond donors (Lipinski definition) is 0. The molecule has 0 saturated heterocycles. The fourth-order valence-corrected chi connectivity index (χ4v) is 3.01. The third kappa shape index (κ3) is 3.66. The Kier molecular flexibility index (Phi) is 5.29. The Morgan fingerprint density at radius 2 is 2.10 bits per heavy atom. The van der Waals surface area contributed by atoms with Gasteiger partial charge in [0.05, 0.1) is 19.1 Å². The van der Waals surface area contributed by atoms with Crippen LogP contribution >= 0.6 is 0 Å². The summed E-state index contributed by atoms with van der Waals surface area (Å²) in [4.78, 5) is 0. The minimum Gasteiger partial charge on any atom is -0.497 e. The summed E-state index contributed by atoms with van der Waals surface area (Å²) < 4.78 is 11.3. The van der Waals surface area contributed by atoms with Gasteiger partial charge in [-0.05, 0) is 37.3 Å². The van der Waals surface area contributed by atoms with Crippen LogP contribution in [0.15, 0.2) is 24.3 Å². The Hall–Kier alpha value is -1.69. The van der Waals surface area contributed by atoms with Crippen LogP contribution in [0.5, 0.6) is 11.5 Å². The van der Waals surface area contributed by atoms with Gasteiger partial charge < -0.3 is 9.47 Å². The fourth-order valence-electron chi connectivity index (χ4n) is 3.01. The van der Waals surface area contributed by atoms with Crippen LogP contribution in [0.25, 0.3) is 0 Å². The zero-order chi connectivity index (χ0) is 14.4. The van der Waals surface area contributed by atoms with Crippen LogP contribution < -0.4 is 9.47 Å². The first kappa shape index (κ1) is 14.7. The molecule has 1 aromatic carbocycles. The van der Waals surface area contributed by atoms with Crippen molar-refractivity contribution in [3.05, 3.63) is 24.3 Å². The summed E-state index contributed by atoms with van der Waals surface area (Å²) in [5.41, 5.74) is 0. The smallest absolute Gasteiger partial charge is 0.123 e. The van der Waals surface area contributed by atoms with E-state index in [9.17, 15) is 5.26 Å². The van der Waals surface area contributed by atoms with Crippen LogP contribution in [0.3, 0.4) is 0 Å². The molecule has 0 bridgehead atoms. The van der Waals surface area contributed by atoms with Gasteiger partial charge in [-0.2, -0.15) is 5.26 Å². The highest BCUT2D eigenvalue weighted by Gasteiger charge is 2.31. The van der Waals surface area contributed by atoms with Gasteiger partial charge >= 0.3 is 0 Å². The number of hydrogen-bond acceptors (Lipinski definition) is 3. The molecule has 1 fully saturated rings. The predicted molar refractivity (Wildman–Crippen MR) is 78.8 cm³/mol. The minimum absolute atomic E-state index is 0.00862. The molecule has 0 aromatic heterocycles. The van der Waals surface area contributed by atoms with Crippen molar-refractivity contribution >= 4 is 0 Å². The first-order valence-electron chi connectivity index (χ1n) is 7.47. The summed E-state index contributed by atoms with van der Waals surface area (Å²) >= 11 is 0. The van der Waals surface area contributed by atoms with Crippen LogP contribution in [0.2, 0.25) is 0 Å². The van der Waals surface area contributed by atoms with Crippen molar-refractivity contribution in [2.75, 3.05) is 7.11 Å². The number of benzene rings is 1. The van der Waals surface area contributed by atoms with Crippen molar-refractivity contribution in [2.45, 2.75) is 45.1 Å². The van der Waals surface area contributed by atoms with Crippen molar-refractivity contribution < 1.29 is 9.47 Å². The number of nitriles is 1. The van der Waals surface area contributed by atoms with E-state index in [1.54, 1.807) is 7.11 Å². The quantitative estimate of drug-likeness (QED) is 0.808. The molecule has 1 aliphatic rings. The Balaban J connectivity index is 2.05. The second kappa shape index (κ2) is 7.19. The van der Waals surface area contributed by atoms with Crippen LogP contribution in [-0.4, -0.2) is 13.2 Å². The highest BCUT2D eigenvalue weighted by Crippen LogP contribution is 2.34. The number of methoxy groups -OCH3 is 1. The molecule has 3 unspecified atom stereocenters. The van der Waals surface area contributed by atoms with E-state index in [0.717, 1.165) is 30.8 Å². The molecule has 1 saturated carbocycles. The minimum atomic E-state index is 0.00862. The van der Waals surface area contributed by atoms with Gasteiger partial charge in [0.15, 0.2) is 0 Å². The second-order valence-corrected chi connectivity index (χ2v) is 5.54. The molecular formula is C17H23NO2. The average molecular weight is 273 g/mol. The van der Waals surface area contributed by atoms with Gasteiger partial charge in [-0.3, -0.25) is 0 Å². The maximum Gasteiger partial charge on any atom is 0.123 e. The fraction of sp³-hybridized carbons (Fsp3) is 0.588. The van der Waals surface area contributed by atoms with E-state index in [-0.39, 0.29) is 12.0 Å². The lowest BCUT2D eigenvalue weighted by atomic mass is 9.78. The molecule has 1 aliphatic carbocycles. The number of ether oxygens (including phenoxy) is 2. The first-order valence-corrected chi connectivity index (χ1v) is 7.47. The molecule has 108 valence electrons. The third-order valence-electron chi connectivity index (χ3n) is 4.09. The van der Waals surface area contributed by atoms with Crippen molar-refractivity contribution in [1.29, 1.82) is 5.26 Å². The van der Waals surface area contributed by atoms with E-state index >= 15 is 0 Å².